The zero-order chi connectivity index (χ0) is 21.6. The van der Waals surface area contributed by atoms with Crippen molar-refractivity contribution in [2.45, 2.75) is 52.5 Å². The van der Waals surface area contributed by atoms with Crippen LogP contribution >= 0.6 is 0 Å². The summed E-state index contributed by atoms with van der Waals surface area (Å²) in [5.74, 6) is 1.55. The number of benzene rings is 2. The molecule has 1 N–H and O–H groups in total. The largest absolute Gasteiger partial charge is 0.492 e. The van der Waals surface area contributed by atoms with Crippen molar-refractivity contribution >= 4 is 5.91 Å². The molecule has 1 aliphatic rings. The third-order valence-electron chi connectivity index (χ3n) is 5.74. The molecule has 1 saturated heterocycles. The van der Waals surface area contributed by atoms with E-state index in [1.165, 1.54) is 37.1 Å². The van der Waals surface area contributed by atoms with Gasteiger partial charge in [0, 0.05) is 18.7 Å². The number of nitrogens with zero attached hydrogens (tertiary/aromatic N) is 1. The van der Waals surface area contributed by atoms with Gasteiger partial charge in [0.1, 0.15) is 12.4 Å². The summed E-state index contributed by atoms with van der Waals surface area (Å²) in [6.07, 6.45) is 2.62. The summed E-state index contributed by atoms with van der Waals surface area (Å²) >= 11 is 0. The van der Waals surface area contributed by atoms with Crippen molar-refractivity contribution in [1.82, 2.24) is 10.2 Å². The highest BCUT2D eigenvalue weighted by Crippen LogP contribution is 2.24. The first-order valence-electron chi connectivity index (χ1n) is 11.1. The molecule has 3 rings (SSSR count). The molecular formula is C26H36N2O2. The Hall–Kier alpha value is -2.33. The number of hydrogen-bond donors (Lipinski definition) is 1. The van der Waals surface area contributed by atoms with E-state index >= 15 is 0 Å². The second-order valence-corrected chi connectivity index (χ2v) is 9.56. The maximum atomic E-state index is 12.4. The van der Waals surface area contributed by atoms with E-state index in [9.17, 15) is 4.79 Å². The smallest absolute Gasteiger partial charge is 0.251 e. The van der Waals surface area contributed by atoms with Gasteiger partial charge in [-0.15, -0.1) is 0 Å². The van der Waals surface area contributed by atoms with Crippen LogP contribution in [0.4, 0.5) is 0 Å². The molecule has 0 saturated carbocycles. The molecular weight excluding hydrogens is 372 g/mol. The van der Waals surface area contributed by atoms with Crippen molar-refractivity contribution < 1.29 is 9.53 Å². The summed E-state index contributed by atoms with van der Waals surface area (Å²) in [4.78, 5) is 14.9. The molecule has 1 aliphatic heterocycles. The van der Waals surface area contributed by atoms with E-state index < -0.39 is 0 Å². The fourth-order valence-electron chi connectivity index (χ4n) is 3.94. The van der Waals surface area contributed by atoms with E-state index in [1.807, 2.05) is 24.3 Å². The minimum absolute atomic E-state index is 0.0557. The molecule has 0 aliphatic carbocycles. The summed E-state index contributed by atoms with van der Waals surface area (Å²) in [5, 5.41) is 2.94. The van der Waals surface area contributed by atoms with Crippen molar-refractivity contribution in [3.63, 3.8) is 0 Å². The highest BCUT2D eigenvalue weighted by atomic mass is 16.5. The monoisotopic (exact) mass is 408 g/mol. The van der Waals surface area contributed by atoms with Gasteiger partial charge in [0.05, 0.1) is 6.54 Å². The van der Waals surface area contributed by atoms with Crippen molar-refractivity contribution in [1.29, 1.82) is 0 Å². The number of likely N-dealkylation sites (tertiary alicyclic amines) is 1. The molecule has 0 radical (unpaired) electrons. The van der Waals surface area contributed by atoms with E-state index in [4.69, 9.17) is 4.74 Å². The molecule has 4 nitrogen and oxygen atoms in total. The van der Waals surface area contributed by atoms with Crippen molar-refractivity contribution in [3.8, 4) is 5.75 Å². The molecule has 162 valence electrons. The third kappa shape index (κ3) is 6.60. The molecule has 1 atom stereocenters. The first kappa shape index (κ1) is 22.4. The fourth-order valence-corrected chi connectivity index (χ4v) is 3.94. The van der Waals surface area contributed by atoms with Gasteiger partial charge in [0.25, 0.3) is 5.91 Å². The number of hydrogen-bond acceptors (Lipinski definition) is 3. The number of rotatable bonds is 7. The van der Waals surface area contributed by atoms with Crippen molar-refractivity contribution in [3.05, 3.63) is 65.2 Å². The van der Waals surface area contributed by atoms with Gasteiger partial charge in [-0.05, 0) is 66.1 Å². The normalized spacial score (nSPS) is 17.5. The maximum absolute atomic E-state index is 12.4. The molecule has 30 heavy (non-hydrogen) atoms. The Kier molecular flexibility index (Phi) is 7.54. The van der Waals surface area contributed by atoms with Crippen LogP contribution in [-0.2, 0) is 12.0 Å². The van der Waals surface area contributed by atoms with Crippen LogP contribution < -0.4 is 10.1 Å². The molecule has 1 amide bonds. The Morgan fingerprint density at radius 1 is 1.10 bits per heavy atom. The molecule has 0 spiro atoms. The van der Waals surface area contributed by atoms with Crippen LogP contribution in [0.5, 0.6) is 5.75 Å². The topological polar surface area (TPSA) is 41.6 Å². The molecule has 0 aromatic heterocycles. The van der Waals surface area contributed by atoms with Crippen LogP contribution in [0.15, 0.2) is 48.5 Å². The summed E-state index contributed by atoms with van der Waals surface area (Å²) in [6, 6.07) is 16.2. The van der Waals surface area contributed by atoms with Gasteiger partial charge in [0.15, 0.2) is 0 Å². The van der Waals surface area contributed by atoms with Gasteiger partial charge in [-0.2, -0.15) is 0 Å². The average Bonchev–Trinajstić information content (AvgIpc) is 2.71. The predicted octanol–water partition coefficient (Wildman–Crippen LogP) is 5.02. The minimum Gasteiger partial charge on any atom is -0.492 e. The summed E-state index contributed by atoms with van der Waals surface area (Å²) in [7, 11) is 0. The SMILES string of the molecule is C[C@@H]1CCCN(Cc2ccc(C(=O)NCCOc3ccc(C(C)(C)C)cc3)cc2)C1. The van der Waals surface area contributed by atoms with E-state index in [0.29, 0.717) is 18.7 Å². The fraction of sp³-hybridized carbons (Fsp3) is 0.500. The second kappa shape index (κ2) is 10.1. The molecule has 1 fully saturated rings. The second-order valence-electron chi connectivity index (χ2n) is 9.56. The number of piperidine rings is 1. The number of carbonyl (C=O) groups is 1. The van der Waals surface area contributed by atoms with Crippen LogP contribution in [0.2, 0.25) is 0 Å². The van der Waals surface area contributed by atoms with Gasteiger partial charge in [0.2, 0.25) is 0 Å². The van der Waals surface area contributed by atoms with Gasteiger partial charge >= 0.3 is 0 Å². The number of ether oxygens (including phenoxy) is 1. The lowest BCUT2D eigenvalue weighted by molar-refractivity contribution is 0.0947. The summed E-state index contributed by atoms with van der Waals surface area (Å²) in [5.41, 5.74) is 3.37. The summed E-state index contributed by atoms with van der Waals surface area (Å²) in [6.45, 7) is 13.1. The summed E-state index contributed by atoms with van der Waals surface area (Å²) < 4.78 is 5.75. The maximum Gasteiger partial charge on any atom is 0.251 e. The van der Waals surface area contributed by atoms with Gasteiger partial charge in [-0.25, -0.2) is 0 Å². The number of carbonyl (C=O) groups excluding carboxylic acids is 1. The zero-order valence-corrected chi connectivity index (χ0v) is 18.9. The van der Waals surface area contributed by atoms with Crippen molar-refractivity contribution in [2.75, 3.05) is 26.2 Å². The molecule has 2 aromatic rings. The molecule has 0 bridgehead atoms. The first-order chi connectivity index (χ1) is 14.3. The van der Waals surface area contributed by atoms with E-state index in [2.05, 4.69) is 62.2 Å². The first-order valence-corrected chi connectivity index (χ1v) is 11.1. The lowest BCUT2D eigenvalue weighted by Gasteiger charge is -2.30. The zero-order valence-electron chi connectivity index (χ0n) is 18.9. The van der Waals surface area contributed by atoms with Gasteiger partial charge < -0.3 is 10.1 Å². The van der Waals surface area contributed by atoms with Crippen LogP contribution in [0.3, 0.4) is 0 Å². The molecule has 1 heterocycles. The van der Waals surface area contributed by atoms with Crippen LogP contribution in [0.1, 0.15) is 62.0 Å². The molecule has 4 heteroatoms. The van der Waals surface area contributed by atoms with Crippen LogP contribution in [0.25, 0.3) is 0 Å². The Balaban J connectivity index is 1.40. The minimum atomic E-state index is -0.0557. The van der Waals surface area contributed by atoms with Crippen LogP contribution in [-0.4, -0.2) is 37.0 Å². The van der Waals surface area contributed by atoms with E-state index in [0.717, 1.165) is 18.2 Å². The predicted molar refractivity (Wildman–Crippen MR) is 123 cm³/mol. The van der Waals surface area contributed by atoms with Crippen LogP contribution in [0, 0.1) is 5.92 Å². The Bertz CT molecular complexity index is 806. The Labute approximate surface area is 181 Å². The van der Waals surface area contributed by atoms with Gasteiger partial charge in [-0.3, -0.25) is 9.69 Å². The van der Waals surface area contributed by atoms with E-state index in [-0.39, 0.29) is 11.3 Å². The highest BCUT2D eigenvalue weighted by molar-refractivity contribution is 5.94. The molecule has 0 unspecified atom stereocenters. The number of amides is 1. The quantitative estimate of drug-likeness (QED) is 0.654. The standard InChI is InChI=1S/C26H36N2O2/c1-20-6-5-16-28(18-20)19-21-7-9-22(10-8-21)25(29)27-15-17-30-24-13-11-23(12-14-24)26(2,3)4/h7-14,20H,5-6,15-19H2,1-4H3,(H,27,29)/t20-/m1/s1. The highest BCUT2D eigenvalue weighted by Gasteiger charge is 2.16. The van der Waals surface area contributed by atoms with Crippen molar-refractivity contribution in [2.24, 2.45) is 5.92 Å². The van der Waals surface area contributed by atoms with E-state index in [1.54, 1.807) is 0 Å². The average molecular weight is 409 g/mol. The lowest BCUT2D eigenvalue weighted by Crippen LogP contribution is -2.33. The Morgan fingerprint density at radius 2 is 1.80 bits per heavy atom. The third-order valence-corrected chi connectivity index (χ3v) is 5.74. The Morgan fingerprint density at radius 3 is 2.43 bits per heavy atom. The lowest BCUT2D eigenvalue weighted by atomic mass is 9.87. The number of nitrogens with one attached hydrogen (secondary N) is 1. The van der Waals surface area contributed by atoms with Gasteiger partial charge in [-0.1, -0.05) is 52.0 Å². The molecule has 2 aromatic carbocycles.